The van der Waals surface area contributed by atoms with Gasteiger partial charge in [0.05, 0.1) is 11.8 Å². The summed E-state index contributed by atoms with van der Waals surface area (Å²) >= 11 is 0. The van der Waals surface area contributed by atoms with Crippen molar-refractivity contribution in [1.29, 1.82) is 0 Å². The van der Waals surface area contributed by atoms with Gasteiger partial charge in [-0.15, -0.1) is 0 Å². The van der Waals surface area contributed by atoms with Gasteiger partial charge >= 0.3 is 0 Å². The summed E-state index contributed by atoms with van der Waals surface area (Å²) in [5.41, 5.74) is 3.91. The minimum Gasteiger partial charge on any atom is -0.391 e. The lowest BCUT2D eigenvalue weighted by atomic mass is 9.93. The molecule has 3 N–H and O–H groups in total. The fraction of sp³-hybridized carbons (Fsp3) is 0.385. The van der Waals surface area contributed by atoms with Gasteiger partial charge < -0.3 is 20.6 Å². The van der Waals surface area contributed by atoms with Crippen LogP contribution in [-0.4, -0.2) is 36.1 Å². The number of nitrogens with one attached hydrogen (secondary N) is 2. The number of hydrogen-bond donors (Lipinski definition) is 3. The molecule has 6 nitrogen and oxygen atoms in total. The van der Waals surface area contributed by atoms with Gasteiger partial charge in [-0.05, 0) is 36.6 Å². The smallest absolute Gasteiger partial charge is 0.263 e. The molecule has 0 fully saturated rings. The number of benzene rings is 2. The van der Waals surface area contributed by atoms with Crippen molar-refractivity contribution >= 4 is 34.4 Å². The Morgan fingerprint density at radius 1 is 1.29 bits per heavy atom. The average Bonchev–Trinajstić information content (AvgIpc) is 2.82. The molecule has 0 aliphatic carbocycles. The van der Waals surface area contributed by atoms with Crippen molar-refractivity contribution in [3.8, 4) is 0 Å². The van der Waals surface area contributed by atoms with E-state index < -0.39 is 12.5 Å². The minimum absolute atomic E-state index is 0.0972. The fourth-order valence-electron chi connectivity index (χ4n) is 4.49. The van der Waals surface area contributed by atoms with E-state index in [4.69, 9.17) is 0 Å². The van der Waals surface area contributed by atoms with Gasteiger partial charge in [-0.25, -0.2) is 8.78 Å². The van der Waals surface area contributed by atoms with Crippen LogP contribution in [0.3, 0.4) is 0 Å². The number of anilines is 3. The van der Waals surface area contributed by atoms with Crippen LogP contribution in [0, 0.1) is 0 Å². The van der Waals surface area contributed by atoms with E-state index in [2.05, 4.69) is 10.6 Å². The van der Waals surface area contributed by atoms with Gasteiger partial charge in [0, 0.05) is 60.1 Å². The lowest BCUT2D eigenvalue weighted by molar-refractivity contribution is -0.118. The molecule has 2 aliphatic heterocycles. The number of carbonyl (C=O) groups excluding carboxylic acids is 2. The van der Waals surface area contributed by atoms with Crippen LogP contribution in [0.5, 0.6) is 0 Å². The van der Waals surface area contributed by atoms with Crippen LogP contribution in [0.25, 0.3) is 5.57 Å². The molecule has 180 valence electrons. The fourth-order valence-corrected chi connectivity index (χ4v) is 4.49. The molecule has 2 aliphatic rings. The Morgan fingerprint density at radius 2 is 2.12 bits per heavy atom. The molecule has 4 rings (SSSR count). The zero-order valence-corrected chi connectivity index (χ0v) is 19.1. The number of β-amino-alcohol motifs (C(OH)–C–C–N with tert-alkyl or cyclic N) is 1. The normalized spacial score (nSPS) is 18.3. The molecule has 0 saturated carbocycles. The van der Waals surface area contributed by atoms with Gasteiger partial charge in [0.15, 0.2) is 0 Å². The van der Waals surface area contributed by atoms with Crippen molar-refractivity contribution < 1.29 is 23.5 Å². The summed E-state index contributed by atoms with van der Waals surface area (Å²) in [6.07, 6.45) is 1.12. The second-order valence-corrected chi connectivity index (χ2v) is 8.71. The Labute approximate surface area is 197 Å². The molecule has 2 aromatic rings. The SMILES string of the molecule is CCCCC(=O)N1CC/C(=C\C(=O)Nc2cccc3c2CC(O)CN3)c2ccc(C(F)F)cc21. The van der Waals surface area contributed by atoms with Crippen LogP contribution >= 0.6 is 0 Å². The first-order valence-electron chi connectivity index (χ1n) is 11.7. The number of nitrogens with zero attached hydrogens (tertiary/aromatic N) is 1. The standard InChI is InChI=1S/C26H29F2N3O3/c1-2-3-7-25(34)31-11-10-16(19-9-8-17(26(27)28)12-23(19)31)13-24(33)30-22-6-4-5-21-20(22)14-18(32)15-29-21/h4-6,8-9,12-13,18,26,29,32H,2-3,7,10-11,14-15H2,1H3,(H,30,33)/b16-13+. The first-order valence-corrected chi connectivity index (χ1v) is 11.7. The molecule has 2 aromatic carbocycles. The van der Waals surface area contributed by atoms with Crippen molar-refractivity contribution in [3.05, 3.63) is 59.2 Å². The van der Waals surface area contributed by atoms with Crippen LogP contribution in [0.15, 0.2) is 42.5 Å². The Balaban J connectivity index is 1.61. The maximum atomic E-state index is 13.4. The Hall–Kier alpha value is -3.26. The van der Waals surface area contributed by atoms with Crippen LogP contribution < -0.4 is 15.5 Å². The first-order chi connectivity index (χ1) is 16.4. The third-order valence-corrected chi connectivity index (χ3v) is 6.27. The van der Waals surface area contributed by atoms with Crippen LogP contribution in [-0.2, 0) is 16.0 Å². The number of amides is 2. The van der Waals surface area contributed by atoms with Crippen LogP contribution in [0.1, 0.15) is 55.7 Å². The summed E-state index contributed by atoms with van der Waals surface area (Å²) < 4.78 is 26.8. The Morgan fingerprint density at radius 3 is 2.88 bits per heavy atom. The summed E-state index contributed by atoms with van der Waals surface area (Å²) in [5, 5.41) is 16.0. The van der Waals surface area contributed by atoms with Crippen molar-refractivity contribution in [2.45, 2.75) is 51.6 Å². The molecule has 0 aromatic heterocycles. The summed E-state index contributed by atoms with van der Waals surface area (Å²) in [6.45, 7) is 2.78. The van der Waals surface area contributed by atoms with Crippen LogP contribution in [0.4, 0.5) is 25.8 Å². The highest BCUT2D eigenvalue weighted by Gasteiger charge is 2.27. The van der Waals surface area contributed by atoms with Crippen molar-refractivity contribution in [2.75, 3.05) is 28.6 Å². The van der Waals surface area contributed by atoms with E-state index in [0.717, 1.165) is 24.1 Å². The molecular weight excluding hydrogens is 440 g/mol. The lowest BCUT2D eigenvalue weighted by Crippen LogP contribution is -2.35. The van der Waals surface area contributed by atoms with Gasteiger partial charge in [0.2, 0.25) is 11.8 Å². The molecule has 1 atom stereocenters. The Kier molecular flexibility index (Phi) is 7.26. The number of aliphatic hydroxyl groups is 1. The van der Waals surface area contributed by atoms with E-state index >= 15 is 0 Å². The van der Waals surface area contributed by atoms with E-state index in [-0.39, 0.29) is 17.4 Å². The van der Waals surface area contributed by atoms with Crippen molar-refractivity contribution in [3.63, 3.8) is 0 Å². The topological polar surface area (TPSA) is 81.7 Å². The van der Waals surface area contributed by atoms with E-state index in [9.17, 15) is 23.5 Å². The molecule has 8 heteroatoms. The number of halogens is 2. The van der Waals surface area contributed by atoms with Gasteiger partial charge in [-0.3, -0.25) is 9.59 Å². The summed E-state index contributed by atoms with van der Waals surface area (Å²) in [6, 6.07) is 9.78. The first kappa shape index (κ1) is 23.9. The predicted molar refractivity (Wildman–Crippen MR) is 129 cm³/mol. The largest absolute Gasteiger partial charge is 0.391 e. The summed E-state index contributed by atoms with van der Waals surface area (Å²) in [5.74, 6) is -0.446. The monoisotopic (exact) mass is 469 g/mol. The minimum atomic E-state index is -2.65. The number of aliphatic hydroxyl groups excluding tert-OH is 1. The third kappa shape index (κ3) is 5.12. The molecule has 0 radical (unpaired) electrons. The van der Waals surface area contributed by atoms with Crippen molar-refractivity contribution in [2.24, 2.45) is 0 Å². The van der Waals surface area contributed by atoms with Gasteiger partial charge in [-0.2, -0.15) is 0 Å². The highest BCUT2D eigenvalue weighted by molar-refractivity contribution is 6.07. The molecule has 2 heterocycles. The van der Waals surface area contributed by atoms with Gasteiger partial charge in [0.25, 0.3) is 6.43 Å². The third-order valence-electron chi connectivity index (χ3n) is 6.27. The molecule has 1 unspecified atom stereocenters. The molecule has 0 spiro atoms. The maximum absolute atomic E-state index is 13.4. The number of carbonyl (C=O) groups is 2. The van der Waals surface area contributed by atoms with E-state index in [1.807, 2.05) is 19.1 Å². The van der Waals surface area contributed by atoms with Gasteiger partial charge in [0.1, 0.15) is 0 Å². The summed E-state index contributed by atoms with van der Waals surface area (Å²) in [7, 11) is 0. The molecule has 0 saturated heterocycles. The lowest BCUT2D eigenvalue weighted by Gasteiger charge is -2.31. The molecule has 2 amide bonds. The Bertz CT molecular complexity index is 1120. The highest BCUT2D eigenvalue weighted by Crippen LogP contribution is 2.38. The van der Waals surface area contributed by atoms with Gasteiger partial charge in [-0.1, -0.05) is 31.5 Å². The average molecular weight is 470 g/mol. The van der Waals surface area contributed by atoms with Crippen LogP contribution in [0.2, 0.25) is 0 Å². The highest BCUT2D eigenvalue weighted by atomic mass is 19.3. The second kappa shape index (κ2) is 10.3. The molecule has 34 heavy (non-hydrogen) atoms. The van der Waals surface area contributed by atoms with Crippen molar-refractivity contribution in [1.82, 2.24) is 0 Å². The number of rotatable bonds is 6. The maximum Gasteiger partial charge on any atom is 0.263 e. The number of fused-ring (bicyclic) bond motifs is 2. The number of unbranched alkanes of at least 4 members (excludes halogenated alkanes) is 1. The zero-order chi connectivity index (χ0) is 24.2. The molecule has 0 bridgehead atoms. The van der Waals surface area contributed by atoms with E-state index in [1.165, 1.54) is 18.2 Å². The second-order valence-electron chi connectivity index (χ2n) is 8.71. The molecular formula is C26H29F2N3O3. The summed E-state index contributed by atoms with van der Waals surface area (Å²) in [4.78, 5) is 27.2. The number of hydrogen-bond acceptors (Lipinski definition) is 4. The predicted octanol–water partition coefficient (Wildman–Crippen LogP) is 4.90. The van der Waals surface area contributed by atoms with E-state index in [1.54, 1.807) is 17.0 Å². The van der Waals surface area contributed by atoms with E-state index in [0.29, 0.717) is 54.9 Å². The quantitative estimate of drug-likeness (QED) is 0.526. The zero-order valence-electron chi connectivity index (χ0n) is 19.1. The number of alkyl halides is 2.